The molecule has 0 saturated heterocycles. The van der Waals surface area contributed by atoms with Crippen LogP contribution in [0.3, 0.4) is 0 Å². The SMILES string of the molecule is Cc1nc(NC(=O)CC(=O)C#P=O)sc1C. The van der Waals surface area contributed by atoms with Crippen LogP contribution in [0.5, 0.6) is 0 Å². The minimum atomic E-state index is -0.598. The Hall–Kier alpha value is -1.22. The molecule has 0 atom stereocenters. The molecule has 7 heteroatoms. The zero-order valence-corrected chi connectivity index (χ0v) is 10.4. The number of hydrogen-bond donors (Lipinski definition) is 1. The first-order valence-corrected chi connectivity index (χ1v) is 6.01. The van der Waals surface area contributed by atoms with Crippen molar-refractivity contribution >= 4 is 36.1 Å². The molecule has 0 aliphatic carbocycles. The maximum atomic E-state index is 11.3. The number of Topliss-reactive ketones (excluding diaryl/α,β-unsaturated/α-hetero) is 1. The van der Waals surface area contributed by atoms with Crippen LogP contribution in [0.4, 0.5) is 5.13 Å². The molecule has 1 aromatic rings. The molecule has 1 heterocycles. The number of anilines is 1. The van der Waals surface area contributed by atoms with Gasteiger partial charge in [-0.1, -0.05) is 0 Å². The van der Waals surface area contributed by atoms with Gasteiger partial charge in [0.25, 0.3) is 0 Å². The zero-order chi connectivity index (χ0) is 12.1. The average molecular weight is 256 g/mol. The van der Waals surface area contributed by atoms with Gasteiger partial charge >= 0.3 is 97.0 Å². The van der Waals surface area contributed by atoms with Crippen LogP contribution in [0.1, 0.15) is 17.0 Å². The van der Waals surface area contributed by atoms with Crippen LogP contribution in [-0.4, -0.2) is 16.7 Å². The van der Waals surface area contributed by atoms with Crippen molar-refractivity contribution in [3.8, 4) is 5.63 Å². The van der Waals surface area contributed by atoms with Gasteiger partial charge in [0.05, 0.1) is 0 Å². The van der Waals surface area contributed by atoms with E-state index in [4.69, 9.17) is 0 Å². The van der Waals surface area contributed by atoms with Gasteiger partial charge in [0.1, 0.15) is 0 Å². The van der Waals surface area contributed by atoms with Gasteiger partial charge in [0, 0.05) is 0 Å². The molecule has 84 valence electrons. The Morgan fingerprint density at radius 2 is 2.19 bits per heavy atom. The fraction of sp³-hybridized carbons (Fsp3) is 0.333. The summed E-state index contributed by atoms with van der Waals surface area (Å²) in [5, 5.41) is 2.96. The molecular weight excluding hydrogens is 247 g/mol. The molecule has 0 unspecified atom stereocenters. The third kappa shape index (κ3) is 3.74. The first kappa shape index (κ1) is 12.8. The van der Waals surface area contributed by atoms with Crippen LogP contribution < -0.4 is 5.32 Å². The summed E-state index contributed by atoms with van der Waals surface area (Å²) >= 11 is 1.34. The van der Waals surface area contributed by atoms with E-state index in [1.165, 1.54) is 11.3 Å². The van der Waals surface area contributed by atoms with Crippen LogP contribution in [0.25, 0.3) is 0 Å². The number of carbonyl (C=O) groups is 2. The Bertz CT molecular complexity index is 512. The molecule has 0 saturated carbocycles. The number of aromatic nitrogens is 1. The number of amides is 1. The number of hydrogen-bond acceptors (Lipinski definition) is 5. The molecule has 0 bridgehead atoms. The first-order chi connectivity index (χ1) is 7.52. The molecule has 0 spiro atoms. The monoisotopic (exact) mass is 256 g/mol. The minimum absolute atomic E-state index is 0.368. The summed E-state index contributed by atoms with van der Waals surface area (Å²) in [5.74, 6) is -1.07. The van der Waals surface area contributed by atoms with Gasteiger partial charge in [0.2, 0.25) is 0 Å². The molecule has 1 N–H and O–H groups in total. The molecule has 16 heavy (non-hydrogen) atoms. The van der Waals surface area contributed by atoms with E-state index in [-0.39, 0.29) is 6.42 Å². The van der Waals surface area contributed by atoms with E-state index in [1.807, 2.05) is 19.5 Å². The van der Waals surface area contributed by atoms with Crippen LogP contribution in [-0.2, 0) is 14.2 Å². The van der Waals surface area contributed by atoms with E-state index in [9.17, 15) is 14.2 Å². The van der Waals surface area contributed by atoms with Crippen LogP contribution >= 0.6 is 19.3 Å². The number of ketones is 1. The van der Waals surface area contributed by atoms with Crippen molar-refractivity contribution in [2.45, 2.75) is 20.3 Å². The predicted molar refractivity (Wildman–Crippen MR) is 61.3 cm³/mol. The van der Waals surface area contributed by atoms with Gasteiger partial charge in [-0.25, -0.2) is 0 Å². The van der Waals surface area contributed by atoms with Crippen molar-refractivity contribution in [1.29, 1.82) is 0 Å². The van der Waals surface area contributed by atoms with Gasteiger partial charge in [0.15, 0.2) is 0 Å². The summed E-state index contributed by atoms with van der Waals surface area (Å²) in [6, 6.07) is 0. The van der Waals surface area contributed by atoms with Gasteiger partial charge < -0.3 is 0 Å². The van der Waals surface area contributed by atoms with E-state index in [0.29, 0.717) is 5.13 Å². The van der Waals surface area contributed by atoms with Crippen molar-refractivity contribution in [1.82, 2.24) is 4.98 Å². The summed E-state index contributed by atoms with van der Waals surface area (Å²) < 4.78 is 10.0. The van der Waals surface area contributed by atoms with Crippen LogP contribution in [0.2, 0.25) is 0 Å². The standard InChI is InChI=1S/C9H9N2O3PS/c1-5-6(2)16-9(10-5)11-8(13)3-7(12)4-15-14/h3H2,1-2H3,(H,10,11,13). The number of carbonyl (C=O) groups excluding carboxylic acids is 2. The fourth-order valence-corrected chi connectivity index (χ4v) is 1.94. The molecule has 0 aliphatic heterocycles. The van der Waals surface area contributed by atoms with Crippen molar-refractivity contribution in [2.75, 3.05) is 5.32 Å². The van der Waals surface area contributed by atoms with Gasteiger partial charge in [-0.15, -0.1) is 0 Å². The first-order valence-electron chi connectivity index (χ1n) is 4.38. The number of nitrogens with one attached hydrogen (secondary N) is 1. The van der Waals surface area contributed by atoms with Crippen LogP contribution in [0.15, 0.2) is 0 Å². The normalized spacial score (nSPS) is 9.38. The Kier molecular flexibility index (Phi) is 4.62. The van der Waals surface area contributed by atoms with E-state index in [1.54, 1.807) is 0 Å². The second-order valence-corrected chi connectivity index (χ2v) is 4.62. The molecule has 1 amide bonds. The molecule has 0 aromatic carbocycles. The quantitative estimate of drug-likeness (QED) is 0.662. The fourth-order valence-electron chi connectivity index (χ4n) is 0.926. The predicted octanol–water partition coefficient (Wildman–Crippen LogP) is 1.91. The average Bonchev–Trinajstić information content (AvgIpc) is 2.45. The Morgan fingerprint density at radius 1 is 1.50 bits per heavy atom. The van der Waals surface area contributed by atoms with E-state index in [0.717, 1.165) is 10.6 Å². The van der Waals surface area contributed by atoms with Gasteiger partial charge in [-0.05, 0) is 0 Å². The van der Waals surface area contributed by atoms with Gasteiger partial charge in [-0.2, -0.15) is 0 Å². The number of rotatable bonds is 3. The summed E-state index contributed by atoms with van der Waals surface area (Å²) in [5.41, 5.74) is 2.83. The molecule has 1 aromatic heterocycles. The number of nitrogens with zero attached hydrogens (tertiary/aromatic N) is 1. The number of aryl methyl sites for hydroxylation is 2. The summed E-state index contributed by atoms with van der Waals surface area (Å²) in [4.78, 5) is 27.3. The second-order valence-electron chi connectivity index (χ2n) is 3.01. The van der Waals surface area contributed by atoms with Crippen molar-refractivity contribution in [3.05, 3.63) is 10.6 Å². The summed E-state index contributed by atoms with van der Waals surface area (Å²) in [6.45, 7) is 3.73. The number of thiazole rings is 1. The summed E-state index contributed by atoms with van der Waals surface area (Å²) in [6.07, 6.45) is -0.368. The second kappa shape index (κ2) is 5.75. The van der Waals surface area contributed by atoms with E-state index in [2.05, 4.69) is 10.3 Å². The maximum absolute atomic E-state index is 11.3. The van der Waals surface area contributed by atoms with E-state index < -0.39 is 19.6 Å². The molecule has 0 radical (unpaired) electrons. The molecule has 0 fully saturated rings. The molecule has 1 rings (SSSR count). The molecule has 5 nitrogen and oxygen atoms in total. The van der Waals surface area contributed by atoms with Gasteiger partial charge in [-0.3, -0.25) is 0 Å². The Morgan fingerprint density at radius 3 is 2.69 bits per heavy atom. The Balaban J connectivity index is 2.60. The summed E-state index contributed by atoms with van der Waals surface area (Å²) in [7, 11) is -0.506. The third-order valence-electron chi connectivity index (χ3n) is 1.77. The zero-order valence-electron chi connectivity index (χ0n) is 8.73. The van der Waals surface area contributed by atoms with Crippen molar-refractivity contribution in [3.63, 3.8) is 0 Å². The Labute approximate surface area is 97.4 Å². The molecular formula is C9H9N2O3PS. The third-order valence-corrected chi connectivity index (χ3v) is 3.10. The van der Waals surface area contributed by atoms with E-state index >= 15 is 0 Å². The molecule has 0 aliphatic rings. The topological polar surface area (TPSA) is 76.1 Å². The van der Waals surface area contributed by atoms with Crippen molar-refractivity contribution in [2.24, 2.45) is 0 Å². The van der Waals surface area contributed by atoms with Crippen molar-refractivity contribution < 1.29 is 14.2 Å². The van der Waals surface area contributed by atoms with Crippen LogP contribution in [0, 0.1) is 19.5 Å².